The van der Waals surface area contributed by atoms with Gasteiger partial charge in [-0.15, -0.1) is 0 Å². The van der Waals surface area contributed by atoms with Crippen LogP contribution in [0.5, 0.6) is 0 Å². The Bertz CT molecular complexity index is 437. The third kappa shape index (κ3) is 5.51. The minimum atomic E-state index is -0.295. The van der Waals surface area contributed by atoms with Crippen LogP contribution in [-0.2, 0) is 16.1 Å². The summed E-state index contributed by atoms with van der Waals surface area (Å²) in [5.41, 5.74) is 1.02. The first-order valence-corrected chi connectivity index (χ1v) is 7.36. The number of rotatable bonds is 6. The molecule has 0 spiro atoms. The normalized spacial score (nSPS) is 12.5. The molecule has 0 aliphatic carbocycles. The Morgan fingerprint density at radius 3 is 2.74 bits per heavy atom. The van der Waals surface area contributed by atoms with E-state index >= 15 is 0 Å². The van der Waals surface area contributed by atoms with Gasteiger partial charge in [-0.2, -0.15) is 0 Å². The molecule has 106 valence electrons. The Kier molecular flexibility index (Phi) is 6.83. The van der Waals surface area contributed by atoms with Crippen LogP contribution in [-0.4, -0.2) is 19.1 Å². The molecule has 0 radical (unpaired) electrons. The molecular formula is C14H19BrClNO2. The first kappa shape index (κ1) is 16.5. The summed E-state index contributed by atoms with van der Waals surface area (Å²) in [5.74, 6) is 0.186. The molecule has 1 aromatic rings. The van der Waals surface area contributed by atoms with Crippen molar-refractivity contribution in [2.24, 2.45) is 5.92 Å². The van der Waals surface area contributed by atoms with E-state index in [-0.39, 0.29) is 12.0 Å². The van der Waals surface area contributed by atoms with E-state index in [1.54, 1.807) is 0 Å². The number of ether oxygens (including phenoxy) is 1. The number of esters is 1. The molecule has 1 unspecified atom stereocenters. The van der Waals surface area contributed by atoms with E-state index in [0.717, 1.165) is 16.5 Å². The van der Waals surface area contributed by atoms with Crippen LogP contribution in [0.25, 0.3) is 0 Å². The van der Waals surface area contributed by atoms with Crippen LogP contribution in [0, 0.1) is 5.92 Å². The molecule has 0 fully saturated rings. The standard InChI is InChI=1S/C14H19BrClNO2/c1-9(2)6-13(14(18)19-3)17-8-10-7-11(16)4-5-12(10)15/h4-5,7,9,13,17H,6,8H2,1-3H3. The van der Waals surface area contributed by atoms with E-state index in [9.17, 15) is 4.79 Å². The van der Waals surface area contributed by atoms with Crippen LogP contribution in [0.1, 0.15) is 25.8 Å². The number of hydrogen-bond acceptors (Lipinski definition) is 3. The SMILES string of the molecule is COC(=O)C(CC(C)C)NCc1cc(Cl)ccc1Br. The summed E-state index contributed by atoms with van der Waals surface area (Å²) in [7, 11) is 1.41. The summed E-state index contributed by atoms with van der Waals surface area (Å²) in [4.78, 5) is 11.7. The van der Waals surface area contributed by atoms with Gasteiger partial charge in [0.05, 0.1) is 7.11 Å². The minimum absolute atomic E-state index is 0.230. The smallest absolute Gasteiger partial charge is 0.322 e. The summed E-state index contributed by atoms with van der Waals surface area (Å²) < 4.78 is 5.79. The Morgan fingerprint density at radius 1 is 1.47 bits per heavy atom. The molecule has 0 amide bonds. The minimum Gasteiger partial charge on any atom is -0.468 e. The second kappa shape index (κ2) is 7.88. The highest BCUT2D eigenvalue weighted by Gasteiger charge is 2.20. The number of benzene rings is 1. The van der Waals surface area contributed by atoms with Crippen LogP contribution in [0.4, 0.5) is 0 Å². The summed E-state index contributed by atoms with van der Waals surface area (Å²) in [6.07, 6.45) is 0.741. The van der Waals surface area contributed by atoms with Crippen molar-refractivity contribution in [1.82, 2.24) is 5.32 Å². The van der Waals surface area contributed by atoms with E-state index < -0.39 is 0 Å². The Hall–Kier alpha value is -0.580. The van der Waals surface area contributed by atoms with Crippen molar-refractivity contribution < 1.29 is 9.53 Å². The molecule has 0 aliphatic rings. The molecule has 0 aliphatic heterocycles. The average molecular weight is 349 g/mol. The van der Waals surface area contributed by atoms with Crippen LogP contribution in [0.2, 0.25) is 5.02 Å². The van der Waals surface area contributed by atoms with Crippen LogP contribution in [0.15, 0.2) is 22.7 Å². The van der Waals surface area contributed by atoms with Gasteiger partial charge in [0.25, 0.3) is 0 Å². The lowest BCUT2D eigenvalue weighted by atomic mass is 10.0. The molecule has 19 heavy (non-hydrogen) atoms. The van der Waals surface area contributed by atoms with Crippen molar-refractivity contribution in [1.29, 1.82) is 0 Å². The zero-order valence-corrected chi connectivity index (χ0v) is 13.7. The number of methoxy groups -OCH3 is 1. The quantitative estimate of drug-likeness (QED) is 0.795. The highest BCUT2D eigenvalue weighted by atomic mass is 79.9. The van der Waals surface area contributed by atoms with Gasteiger partial charge in [0.15, 0.2) is 0 Å². The largest absolute Gasteiger partial charge is 0.468 e. The first-order valence-electron chi connectivity index (χ1n) is 6.19. The fourth-order valence-corrected chi connectivity index (χ4v) is 2.37. The van der Waals surface area contributed by atoms with Crippen molar-refractivity contribution in [2.75, 3.05) is 7.11 Å². The van der Waals surface area contributed by atoms with Gasteiger partial charge >= 0.3 is 5.97 Å². The number of carbonyl (C=O) groups excluding carboxylic acids is 1. The van der Waals surface area contributed by atoms with Gasteiger partial charge in [-0.1, -0.05) is 41.4 Å². The fourth-order valence-electron chi connectivity index (χ4n) is 1.79. The van der Waals surface area contributed by atoms with E-state index in [1.165, 1.54) is 7.11 Å². The molecule has 1 rings (SSSR count). The fraction of sp³-hybridized carbons (Fsp3) is 0.500. The van der Waals surface area contributed by atoms with Gasteiger partial charge in [0.1, 0.15) is 6.04 Å². The van der Waals surface area contributed by atoms with Crippen LogP contribution in [0.3, 0.4) is 0 Å². The van der Waals surface area contributed by atoms with Gasteiger partial charge in [-0.05, 0) is 36.1 Å². The maximum Gasteiger partial charge on any atom is 0.322 e. The molecule has 5 heteroatoms. The molecule has 0 bridgehead atoms. The lowest BCUT2D eigenvalue weighted by Gasteiger charge is -2.18. The van der Waals surface area contributed by atoms with Gasteiger partial charge < -0.3 is 10.1 Å². The van der Waals surface area contributed by atoms with Gasteiger partial charge in [0, 0.05) is 16.0 Å². The van der Waals surface area contributed by atoms with Crippen molar-refractivity contribution in [3.8, 4) is 0 Å². The molecule has 1 aromatic carbocycles. The number of nitrogens with one attached hydrogen (secondary N) is 1. The lowest BCUT2D eigenvalue weighted by Crippen LogP contribution is -2.38. The molecule has 1 atom stereocenters. The maximum atomic E-state index is 11.7. The van der Waals surface area contributed by atoms with Crippen LogP contribution >= 0.6 is 27.5 Å². The van der Waals surface area contributed by atoms with Crippen LogP contribution < -0.4 is 5.32 Å². The summed E-state index contributed by atoms with van der Waals surface area (Å²) in [6.45, 7) is 4.72. The second-order valence-electron chi connectivity index (χ2n) is 4.82. The summed E-state index contributed by atoms with van der Waals surface area (Å²) >= 11 is 9.44. The highest BCUT2D eigenvalue weighted by Crippen LogP contribution is 2.21. The first-order chi connectivity index (χ1) is 8.93. The molecule has 3 nitrogen and oxygen atoms in total. The van der Waals surface area contributed by atoms with E-state index in [2.05, 4.69) is 35.1 Å². The molecular weight excluding hydrogens is 330 g/mol. The summed E-state index contributed by atoms with van der Waals surface area (Å²) in [5, 5.41) is 3.90. The highest BCUT2D eigenvalue weighted by molar-refractivity contribution is 9.10. The predicted octanol–water partition coefficient (Wildman–Crippen LogP) is 3.78. The van der Waals surface area contributed by atoms with Gasteiger partial charge in [-0.25, -0.2) is 0 Å². The van der Waals surface area contributed by atoms with E-state index in [1.807, 2.05) is 18.2 Å². The van der Waals surface area contributed by atoms with Gasteiger partial charge in [0.2, 0.25) is 0 Å². The average Bonchev–Trinajstić information content (AvgIpc) is 2.36. The number of hydrogen-bond donors (Lipinski definition) is 1. The Labute approximate surface area is 127 Å². The Balaban J connectivity index is 2.70. The third-order valence-electron chi connectivity index (χ3n) is 2.74. The topological polar surface area (TPSA) is 38.3 Å². The second-order valence-corrected chi connectivity index (χ2v) is 6.11. The molecule has 0 aromatic heterocycles. The molecule has 1 N–H and O–H groups in total. The number of carbonyl (C=O) groups is 1. The van der Waals surface area contributed by atoms with Crippen molar-refractivity contribution >= 4 is 33.5 Å². The van der Waals surface area contributed by atoms with E-state index in [4.69, 9.17) is 16.3 Å². The van der Waals surface area contributed by atoms with Crippen molar-refractivity contribution in [3.63, 3.8) is 0 Å². The molecule has 0 heterocycles. The summed E-state index contributed by atoms with van der Waals surface area (Å²) in [6, 6.07) is 5.30. The van der Waals surface area contributed by atoms with Gasteiger partial charge in [-0.3, -0.25) is 4.79 Å². The number of halogens is 2. The zero-order chi connectivity index (χ0) is 14.4. The lowest BCUT2D eigenvalue weighted by molar-refractivity contribution is -0.143. The molecule has 0 saturated heterocycles. The van der Waals surface area contributed by atoms with Crippen molar-refractivity contribution in [2.45, 2.75) is 32.9 Å². The predicted molar refractivity (Wildman–Crippen MR) is 81.3 cm³/mol. The van der Waals surface area contributed by atoms with E-state index in [0.29, 0.717) is 17.5 Å². The maximum absolute atomic E-state index is 11.7. The molecule has 0 saturated carbocycles. The monoisotopic (exact) mass is 347 g/mol. The Morgan fingerprint density at radius 2 is 2.16 bits per heavy atom. The van der Waals surface area contributed by atoms with Crippen molar-refractivity contribution in [3.05, 3.63) is 33.3 Å². The third-order valence-corrected chi connectivity index (χ3v) is 3.75. The zero-order valence-electron chi connectivity index (χ0n) is 11.4.